The zero-order chi connectivity index (χ0) is 19.1. The molecular formula is C17H17F2N5O2. The Bertz CT molecular complexity index is 853. The summed E-state index contributed by atoms with van der Waals surface area (Å²) in [5, 5.41) is 2.53. The number of nitrogen functional groups attached to an aromatic ring is 1. The van der Waals surface area contributed by atoms with E-state index in [0.29, 0.717) is 11.1 Å². The lowest BCUT2D eigenvalue weighted by Gasteiger charge is -2.13. The summed E-state index contributed by atoms with van der Waals surface area (Å²) in [5.74, 6) is -0.330. The number of aliphatic imine (C=N–C) groups is 1. The second-order valence-corrected chi connectivity index (χ2v) is 4.93. The molecule has 0 spiro atoms. The van der Waals surface area contributed by atoms with E-state index in [1.54, 1.807) is 24.3 Å². The van der Waals surface area contributed by atoms with Crippen LogP contribution in [0.2, 0.25) is 0 Å². The van der Waals surface area contributed by atoms with Crippen molar-refractivity contribution in [3.63, 3.8) is 0 Å². The number of ether oxygens (including phenoxy) is 1. The first-order valence-electron chi connectivity index (χ1n) is 7.43. The molecule has 2 rings (SSSR count). The largest absolute Gasteiger partial charge is 0.434 e. The number of rotatable bonds is 6. The fourth-order valence-corrected chi connectivity index (χ4v) is 2.18. The SMILES string of the molecule is CN=C(/C=C\N)C(=O)Nc1ccc(-c2ccccc2OC(F)F)c(N)n1. The van der Waals surface area contributed by atoms with Gasteiger partial charge in [-0.25, -0.2) is 4.98 Å². The average Bonchev–Trinajstić information content (AvgIpc) is 2.60. The number of hydrogen-bond donors (Lipinski definition) is 3. The lowest BCUT2D eigenvalue weighted by atomic mass is 10.1. The van der Waals surface area contributed by atoms with Crippen LogP contribution >= 0.6 is 0 Å². The molecule has 1 heterocycles. The van der Waals surface area contributed by atoms with Crippen molar-refractivity contribution >= 4 is 23.3 Å². The number of hydrogen-bond acceptors (Lipinski definition) is 6. The summed E-state index contributed by atoms with van der Waals surface area (Å²) in [6, 6.07) is 9.24. The normalized spacial score (nSPS) is 11.8. The van der Waals surface area contributed by atoms with Gasteiger partial charge in [-0.2, -0.15) is 8.78 Å². The number of nitrogens with one attached hydrogen (secondary N) is 1. The standard InChI is InChI=1S/C17H17F2N5O2/c1-22-12(8-9-20)16(25)24-14-7-6-11(15(21)23-14)10-4-2-3-5-13(10)26-17(18)19/h2-9,17H,20H2,1H3,(H3,21,23,24,25)/b9-8-,22-12?. The molecule has 0 atom stereocenters. The highest BCUT2D eigenvalue weighted by Gasteiger charge is 2.15. The molecule has 0 aliphatic rings. The Morgan fingerprint density at radius 1 is 1.27 bits per heavy atom. The molecule has 0 radical (unpaired) electrons. The van der Waals surface area contributed by atoms with Crippen molar-refractivity contribution in [2.75, 3.05) is 18.1 Å². The van der Waals surface area contributed by atoms with E-state index in [-0.39, 0.29) is 23.1 Å². The van der Waals surface area contributed by atoms with Gasteiger partial charge in [-0.15, -0.1) is 0 Å². The van der Waals surface area contributed by atoms with E-state index < -0.39 is 12.5 Å². The van der Waals surface area contributed by atoms with Crippen molar-refractivity contribution in [2.24, 2.45) is 10.7 Å². The van der Waals surface area contributed by atoms with Gasteiger partial charge in [0.2, 0.25) is 0 Å². The number of anilines is 2. The number of aromatic nitrogens is 1. The van der Waals surface area contributed by atoms with Crippen molar-refractivity contribution in [3.8, 4) is 16.9 Å². The summed E-state index contributed by atoms with van der Waals surface area (Å²) in [5.41, 5.74) is 12.0. The summed E-state index contributed by atoms with van der Waals surface area (Å²) in [6.07, 6.45) is 2.53. The number of benzene rings is 1. The highest BCUT2D eigenvalue weighted by Crippen LogP contribution is 2.34. The second kappa shape index (κ2) is 8.56. The van der Waals surface area contributed by atoms with Gasteiger partial charge in [0.05, 0.1) is 0 Å². The van der Waals surface area contributed by atoms with E-state index in [4.69, 9.17) is 11.5 Å². The third-order valence-electron chi connectivity index (χ3n) is 3.29. The maximum Gasteiger partial charge on any atom is 0.387 e. The van der Waals surface area contributed by atoms with E-state index in [9.17, 15) is 13.6 Å². The van der Waals surface area contributed by atoms with Gasteiger partial charge in [-0.1, -0.05) is 18.2 Å². The molecule has 0 aliphatic heterocycles. The molecule has 0 unspecified atom stereocenters. The van der Waals surface area contributed by atoms with E-state index in [2.05, 4.69) is 20.0 Å². The number of amides is 1. The number of carbonyl (C=O) groups is 1. The molecule has 0 aliphatic carbocycles. The van der Waals surface area contributed by atoms with Gasteiger partial charge in [0.25, 0.3) is 5.91 Å². The minimum Gasteiger partial charge on any atom is -0.434 e. The summed E-state index contributed by atoms with van der Waals surface area (Å²) in [7, 11) is 1.44. The van der Waals surface area contributed by atoms with E-state index in [1.165, 1.54) is 31.5 Å². The fraction of sp³-hybridized carbons (Fsp3) is 0.118. The summed E-state index contributed by atoms with van der Waals surface area (Å²) < 4.78 is 29.6. The van der Waals surface area contributed by atoms with Crippen LogP contribution in [0.4, 0.5) is 20.4 Å². The Labute approximate surface area is 148 Å². The van der Waals surface area contributed by atoms with Crippen molar-refractivity contribution in [1.82, 2.24) is 4.98 Å². The van der Waals surface area contributed by atoms with Crippen LogP contribution in [0.15, 0.2) is 53.7 Å². The molecule has 7 nitrogen and oxygen atoms in total. The molecule has 1 amide bonds. The Kier molecular flexibility index (Phi) is 6.20. The van der Waals surface area contributed by atoms with Crippen LogP contribution in [0, 0.1) is 0 Å². The van der Waals surface area contributed by atoms with Crippen LogP contribution in [0.3, 0.4) is 0 Å². The van der Waals surface area contributed by atoms with Crippen LogP contribution in [-0.2, 0) is 4.79 Å². The van der Waals surface area contributed by atoms with E-state index in [0.717, 1.165) is 0 Å². The predicted octanol–water partition coefficient (Wildman–Crippen LogP) is 2.41. The Balaban J connectivity index is 2.30. The molecule has 1 aromatic carbocycles. The number of halogens is 2. The van der Waals surface area contributed by atoms with Crippen molar-refractivity contribution in [1.29, 1.82) is 0 Å². The van der Waals surface area contributed by atoms with Crippen molar-refractivity contribution < 1.29 is 18.3 Å². The smallest absolute Gasteiger partial charge is 0.387 e. The summed E-state index contributed by atoms with van der Waals surface area (Å²) in [6.45, 7) is -2.97. The van der Waals surface area contributed by atoms with Crippen LogP contribution in [0.25, 0.3) is 11.1 Å². The third-order valence-corrected chi connectivity index (χ3v) is 3.29. The number of nitrogens with two attached hydrogens (primary N) is 2. The Morgan fingerprint density at radius 2 is 2.00 bits per heavy atom. The molecule has 2 aromatic rings. The van der Waals surface area contributed by atoms with Gasteiger partial charge in [0.1, 0.15) is 23.1 Å². The molecule has 0 saturated carbocycles. The lowest BCUT2D eigenvalue weighted by molar-refractivity contribution is -0.110. The summed E-state index contributed by atoms with van der Waals surface area (Å²) in [4.78, 5) is 19.9. The van der Waals surface area contributed by atoms with E-state index >= 15 is 0 Å². The maximum absolute atomic E-state index is 12.6. The van der Waals surface area contributed by atoms with Crippen molar-refractivity contribution in [3.05, 3.63) is 48.7 Å². The van der Waals surface area contributed by atoms with Gasteiger partial charge in [0.15, 0.2) is 0 Å². The molecule has 0 fully saturated rings. The predicted molar refractivity (Wildman–Crippen MR) is 96.0 cm³/mol. The van der Waals surface area contributed by atoms with Gasteiger partial charge in [-0.05, 0) is 30.5 Å². The van der Waals surface area contributed by atoms with Crippen molar-refractivity contribution in [2.45, 2.75) is 6.61 Å². The van der Waals surface area contributed by atoms with Crippen LogP contribution < -0.4 is 21.5 Å². The van der Waals surface area contributed by atoms with E-state index in [1.807, 2.05) is 0 Å². The number of para-hydroxylation sites is 1. The Hall–Kier alpha value is -3.49. The zero-order valence-electron chi connectivity index (χ0n) is 13.8. The topological polar surface area (TPSA) is 116 Å². The highest BCUT2D eigenvalue weighted by molar-refractivity contribution is 6.47. The number of nitrogens with zero attached hydrogens (tertiary/aromatic N) is 2. The van der Waals surface area contributed by atoms with Gasteiger partial charge in [0, 0.05) is 18.2 Å². The maximum atomic E-state index is 12.6. The van der Waals surface area contributed by atoms with Crippen LogP contribution in [-0.4, -0.2) is 30.3 Å². The number of carbonyl (C=O) groups excluding carboxylic acids is 1. The molecule has 5 N–H and O–H groups in total. The summed E-state index contributed by atoms with van der Waals surface area (Å²) >= 11 is 0. The third kappa shape index (κ3) is 4.53. The average molecular weight is 361 g/mol. The second-order valence-electron chi connectivity index (χ2n) is 4.93. The molecular weight excluding hydrogens is 344 g/mol. The zero-order valence-corrected chi connectivity index (χ0v) is 13.8. The minimum atomic E-state index is -2.97. The minimum absolute atomic E-state index is 0.0266. The van der Waals surface area contributed by atoms with Crippen LogP contribution in [0.1, 0.15) is 0 Å². The number of alkyl halides is 2. The molecule has 136 valence electrons. The molecule has 0 bridgehead atoms. The molecule has 0 saturated heterocycles. The first kappa shape index (κ1) is 18.8. The lowest BCUT2D eigenvalue weighted by Crippen LogP contribution is -2.22. The Morgan fingerprint density at radius 3 is 2.62 bits per heavy atom. The fourth-order valence-electron chi connectivity index (χ4n) is 2.18. The molecule has 9 heteroatoms. The first-order chi connectivity index (χ1) is 12.5. The molecule has 26 heavy (non-hydrogen) atoms. The first-order valence-corrected chi connectivity index (χ1v) is 7.43. The van der Waals surface area contributed by atoms with Gasteiger partial charge in [-0.3, -0.25) is 9.79 Å². The quantitative estimate of drug-likeness (QED) is 0.683. The highest BCUT2D eigenvalue weighted by atomic mass is 19.3. The van der Waals surface area contributed by atoms with Crippen LogP contribution in [0.5, 0.6) is 5.75 Å². The monoisotopic (exact) mass is 361 g/mol. The molecule has 1 aromatic heterocycles. The van der Waals surface area contributed by atoms with Gasteiger partial charge >= 0.3 is 6.61 Å². The van der Waals surface area contributed by atoms with Gasteiger partial charge < -0.3 is 21.5 Å². The number of pyridine rings is 1.